The number of aryl methyl sites for hydroxylation is 1. The van der Waals surface area contributed by atoms with E-state index in [2.05, 4.69) is 34.5 Å². The number of Topliss-reactive ketones (excluding diaryl/α,β-unsaturated/α-hetero) is 1. The molecule has 0 bridgehead atoms. The van der Waals surface area contributed by atoms with Gasteiger partial charge in [0.25, 0.3) is 5.78 Å². The Bertz CT molecular complexity index is 2210. The Morgan fingerprint density at radius 2 is 1.59 bits per heavy atom. The molecule has 0 spiro atoms. The number of nitrogens with zero attached hydrogens (tertiary/aromatic N) is 3. The lowest BCUT2D eigenvalue weighted by Crippen LogP contribution is -2.29. The molecule has 8 nitrogen and oxygen atoms in total. The van der Waals surface area contributed by atoms with E-state index in [1.165, 1.54) is 28.0 Å². The maximum Gasteiger partial charge on any atom is 0.301 e. The van der Waals surface area contributed by atoms with Crippen molar-refractivity contribution in [2.24, 2.45) is 0 Å². The topological polar surface area (TPSA) is 102 Å². The van der Waals surface area contributed by atoms with E-state index in [4.69, 9.17) is 9.47 Å². The van der Waals surface area contributed by atoms with Gasteiger partial charge in [-0.15, -0.1) is 10.2 Å². The van der Waals surface area contributed by atoms with Crippen LogP contribution in [0.2, 0.25) is 0 Å². The number of anilines is 1. The summed E-state index contributed by atoms with van der Waals surface area (Å²) in [4.78, 5) is 28.8. The third-order valence-electron chi connectivity index (χ3n) is 8.47. The fourth-order valence-electron chi connectivity index (χ4n) is 5.87. The summed E-state index contributed by atoms with van der Waals surface area (Å²) < 4.78 is 12.1. The van der Waals surface area contributed by atoms with E-state index in [1.807, 2.05) is 49.4 Å². The van der Waals surface area contributed by atoms with Gasteiger partial charge in [-0.1, -0.05) is 102 Å². The minimum Gasteiger partial charge on any atom is -0.507 e. The molecule has 1 aliphatic rings. The lowest BCUT2D eigenvalue weighted by atomic mass is 9.95. The molecule has 49 heavy (non-hydrogen) atoms. The molecule has 10 heteroatoms. The maximum atomic E-state index is 13.7. The van der Waals surface area contributed by atoms with E-state index in [0.717, 1.165) is 27.5 Å². The molecule has 244 valence electrons. The predicted octanol–water partition coefficient (Wildman–Crippen LogP) is 8.51. The summed E-state index contributed by atoms with van der Waals surface area (Å²) in [6.45, 7) is 2.42. The Morgan fingerprint density at radius 1 is 0.857 bits per heavy atom. The number of methoxy groups -OCH3 is 1. The predicted molar refractivity (Wildman–Crippen MR) is 193 cm³/mol. The van der Waals surface area contributed by atoms with Crippen LogP contribution in [0.15, 0.2) is 125 Å². The second kappa shape index (κ2) is 14.0. The molecule has 0 saturated carbocycles. The van der Waals surface area contributed by atoms with Crippen molar-refractivity contribution in [3.63, 3.8) is 0 Å². The van der Waals surface area contributed by atoms with Crippen molar-refractivity contribution in [1.29, 1.82) is 0 Å². The van der Waals surface area contributed by atoms with Gasteiger partial charge < -0.3 is 14.6 Å². The van der Waals surface area contributed by atoms with Gasteiger partial charge in [-0.25, -0.2) is 0 Å². The van der Waals surface area contributed by atoms with Crippen LogP contribution in [0.4, 0.5) is 5.13 Å². The second-order valence-electron chi connectivity index (χ2n) is 11.5. The Labute approximate surface area is 291 Å². The van der Waals surface area contributed by atoms with Crippen LogP contribution in [0.5, 0.6) is 11.5 Å². The molecule has 0 aliphatic carbocycles. The van der Waals surface area contributed by atoms with Crippen molar-refractivity contribution in [3.05, 3.63) is 149 Å². The fourth-order valence-corrected chi connectivity index (χ4v) is 7.74. The summed E-state index contributed by atoms with van der Waals surface area (Å²) in [6, 6.07) is 35.3. The molecule has 0 radical (unpaired) electrons. The van der Waals surface area contributed by atoms with Gasteiger partial charge in [0.2, 0.25) is 5.13 Å². The highest BCUT2D eigenvalue weighted by Crippen LogP contribution is 2.45. The molecule has 1 fully saturated rings. The normalized spacial score (nSPS) is 15.6. The average Bonchev–Trinajstić information content (AvgIpc) is 3.71. The number of aliphatic hydroxyl groups excluding tert-OH is 1. The zero-order valence-corrected chi connectivity index (χ0v) is 28.3. The minimum atomic E-state index is -0.962. The van der Waals surface area contributed by atoms with E-state index in [1.54, 1.807) is 55.6 Å². The molecule has 1 amide bonds. The lowest BCUT2D eigenvalue weighted by Gasteiger charge is -2.23. The summed E-state index contributed by atoms with van der Waals surface area (Å²) in [7, 11) is 1.54. The molecule has 2 heterocycles. The fraction of sp³-hybridized carbons (Fsp3) is 0.128. The van der Waals surface area contributed by atoms with E-state index in [0.29, 0.717) is 39.3 Å². The number of aromatic nitrogens is 2. The summed E-state index contributed by atoms with van der Waals surface area (Å²) >= 11 is 2.74. The number of aliphatic hydroxyl groups is 1. The number of hydrogen-bond acceptors (Lipinski definition) is 9. The average molecular weight is 686 g/mol. The number of fused-ring (bicyclic) bond motifs is 1. The number of amides is 1. The van der Waals surface area contributed by atoms with Crippen LogP contribution in [-0.2, 0) is 21.9 Å². The van der Waals surface area contributed by atoms with E-state index >= 15 is 0 Å². The Morgan fingerprint density at radius 3 is 2.41 bits per heavy atom. The van der Waals surface area contributed by atoms with E-state index in [9.17, 15) is 14.7 Å². The first-order valence-electron chi connectivity index (χ1n) is 15.6. The highest BCUT2D eigenvalue weighted by Gasteiger charge is 2.48. The minimum absolute atomic E-state index is 0.0491. The van der Waals surface area contributed by atoms with Crippen molar-refractivity contribution >= 4 is 56.5 Å². The molecule has 6 aromatic rings. The largest absolute Gasteiger partial charge is 0.507 e. The zero-order chi connectivity index (χ0) is 33.9. The summed E-state index contributed by atoms with van der Waals surface area (Å²) in [5.74, 6) is -0.110. The van der Waals surface area contributed by atoms with Gasteiger partial charge in [0.1, 0.15) is 23.9 Å². The molecule has 1 atom stereocenters. The van der Waals surface area contributed by atoms with E-state index in [-0.39, 0.29) is 16.5 Å². The SMILES string of the molecule is COc1cccc(C2C(=C(O)c3ccc(OCc4ccccc4C)cc3)C(=O)C(=O)N2c2nnc(SCc3cccc4ccccc34)s2)c1. The van der Waals surface area contributed by atoms with Gasteiger partial charge >= 0.3 is 5.91 Å². The van der Waals surface area contributed by atoms with Crippen molar-refractivity contribution < 1.29 is 24.2 Å². The van der Waals surface area contributed by atoms with Gasteiger partial charge in [0.15, 0.2) is 4.34 Å². The monoisotopic (exact) mass is 685 g/mol. The Hall–Kier alpha value is -5.45. The van der Waals surface area contributed by atoms with Gasteiger partial charge in [-0.3, -0.25) is 14.5 Å². The number of thioether (sulfide) groups is 1. The molecule has 5 aromatic carbocycles. The first kappa shape index (κ1) is 32.1. The van der Waals surface area contributed by atoms with Gasteiger partial charge in [0, 0.05) is 11.3 Å². The van der Waals surface area contributed by atoms with E-state index < -0.39 is 17.7 Å². The molecule has 7 rings (SSSR count). The highest BCUT2D eigenvalue weighted by atomic mass is 32.2. The van der Waals surface area contributed by atoms with Gasteiger partial charge in [-0.05, 0) is 76.3 Å². The number of benzene rings is 5. The quantitative estimate of drug-likeness (QED) is 0.0504. The molecule has 1 unspecified atom stereocenters. The standard InChI is InChI=1S/C39H31N3O5S2/c1-24-9-3-4-11-28(24)22-47-30-19-17-26(18-20-30)35(43)33-34(27-13-8-15-31(21-27)46-2)42(37(45)36(33)44)38-40-41-39(49-38)48-23-29-14-7-12-25-10-5-6-16-32(25)29/h3-21,34,43H,22-23H2,1-2H3. The number of carbonyl (C=O) groups excluding carboxylic acids is 2. The molecular formula is C39H31N3O5S2. The third-order valence-corrected chi connectivity index (χ3v) is 10.6. The van der Waals surface area contributed by atoms with Crippen molar-refractivity contribution in [2.75, 3.05) is 12.0 Å². The summed E-state index contributed by atoms with van der Waals surface area (Å²) in [5, 5.41) is 22.9. The van der Waals surface area contributed by atoms with Crippen LogP contribution in [0.25, 0.3) is 16.5 Å². The summed E-state index contributed by atoms with van der Waals surface area (Å²) in [6.07, 6.45) is 0. The molecule has 1 saturated heterocycles. The molecule has 1 N–H and O–H groups in total. The Balaban J connectivity index is 1.19. The van der Waals surface area contributed by atoms with Crippen LogP contribution >= 0.6 is 23.1 Å². The van der Waals surface area contributed by atoms with Gasteiger partial charge in [-0.2, -0.15) is 0 Å². The smallest absolute Gasteiger partial charge is 0.301 e. The summed E-state index contributed by atoms with van der Waals surface area (Å²) in [5.41, 5.74) is 4.26. The van der Waals surface area contributed by atoms with Crippen molar-refractivity contribution in [3.8, 4) is 11.5 Å². The lowest BCUT2D eigenvalue weighted by molar-refractivity contribution is -0.132. The number of hydrogen-bond donors (Lipinski definition) is 1. The first-order chi connectivity index (χ1) is 23.9. The first-order valence-corrected chi connectivity index (χ1v) is 17.4. The van der Waals surface area contributed by atoms with Crippen molar-refractivity contribution in [2.45, 2.75) is 29.7 Å². The van der Waals surface area contributed by atoms with Crippen LogP contribution in [0.3, 0.4) is 0 Å². The van der Waals surface area contributed by atoms with Crippen LogP contribution in [0.1, 0.15) is 33.9 Å². The number of ketones is 1. The molecular weight excluding hydrogens is 655 g/mol. The van der Waals surface area contributed by atoms with Gasteiger partial charge in [0.05, 0.1) is 18.7 Å². The Kier molecular flexibility index (Phi) is 9.15. The molecule has 1 aliphatic heterocycles. The number of rotatable bonds is 10. The zero-order valence-electron chi connectivity index (χ0n) is 26.7. The molecule has 1 aromatic heterocycles. The van der Waals surface area contributed by atoms with Crippen molar-refractivity contribution in [1.82, 2.24) is 10.2 Å². The second-order valence-corrected chi connectivity index (χ2v) is 13.6. The third kappa shape index (κ3) is 6.53. The van der Waals surface area contributed by atoms with Crippen LogP contribution < -0.4 is 14.4 Å². The maximum absolute atomic E-state index is 13.7. The van der Waals surface area contributed by atoms with Crippen LogP contribution in [0, 0.1) is 6.92 Å². The number of ether oxygens (including phenoxy) is 2. The number of carbonyl (C=O) groups is 2. The van der Waals surface area contributed by atoms with Crippen LogP contribution in [-0.4, -0.2) is 34.1 Å². The highest BCUT2D eigenvalue weighted by molar-refractivity contribution is 8.00.